The fraction of sp³-hybridized carbons (Fsp3) is 0.176. The van der Waals surface area contributed by atoms with Gasteiger partial charge in [-0.25, -0.2) is 0 Å². The maximum absolute atomic E-state index is 12.5. The largest absolute Gasteiger partial charge is 0.497 e. The number of benzene rings is 1. The van der Waals surface area contributed by atoms with E-state index in [2.05, 4.69) is 15.2 Å². The Labute approximate surface area is 148 Å². The predicted molar refractivity (Wildman–Crippen MR) is 92.1 cm³/mol. The molecule has 0 bridgehead atoms. The lowest BCUT2D eigenvalue weighted by atomic mass is 10.1. The van der Waals surface area contributed by atoms with Gasteiger partial charge < -0.3 is 13.9 Å². The van der Waals surface area contributed by atoms with Crippen LogP contribution in [0.25, 0.3) is 11.5 Å². The van der Waals surface area contributed by atoms with Crippen LogP contribution in [0.4, 0.5) is 0 Å². The van der Waals surface area contributed by atoms with E-state index in [-0.39, 0.29) is 11.5 Å². The van der Waals surface area contributed by atoms with Crippen LogP contribution < -0.4 is 9.47 Å². The summed E-state index contributed by atoms with van der Waals surface area (Å²) in [4.78, 5) is 16.5. The number of pyridine rings is 1. The third kappa shape index (κ3) is 3.97. The number of Topliss-reactive ketones (excluding diaryl/α,β-unsaturated/α-hetero) is 1. The number of carbonyl (C=O) groups excluding carboxylic acids is 1. The molecule has 3 aromatic rings. The molecule has 0 fully saturated rings. The second-order valence-electron chi connectivity index (χ2n) is 4.89. The fourth-order valence-electron chi connectivity index (χ4n) is 2.11. The minimum Gasteiger partial charge on any atom is -0.497 e. The number of hydrogen-bond acceptors (Lipinski definition) is 8. The topological polar surface area (TPSA) is 87.3 Å². The van der Waals surface area contributed by atoms with Crippen LogP contribution in [0.1, 0.15) is 10.4 Å². The van der Waals surface area contributed by atoms with Crippen LogP contribution in [-0.4, -0.2) is 40.9 Å². The van der Waals surface area contributed by atoms with E-state index >= 15 is 0 Å². The Hall–Kier alpha value is -2.87. The lowest BCUT2D eigenvalue weighted by Gasteiger charge is -2.08. The lowest BCUT2D eigenvalue weighted by molar-refractivity contribution is 0.101. The summed E-state index contributed by atoms with van der Waals surface area (Å²) in [6.07, 6.45) is 3.30. The van der Waals surface area contributed by atoms with Gasteiger partial charge in [0.05, 0.1) is 31.1 Å². The Kier molecular flexibility index (Phi) is 5.30. The molecule has 2 heterocycles. The molecule has 0 unspecified atom stereocenters. The summed E-state index contributed by atoms with van der Waals surface area (Å²) in [6, 6.07) is 8.69. The van der Waals surface area contributed by atoms with Crippen molar-refractivity contribution < 1.29 is 18.7 Å². The number of ketones is 1. The Morgan fingerprint density at radius 1 is 1.20 bits per heavy atom. The number of nitrogens with zero attached hydrogens (tertiary/aromatic N) is 3. The van der Waals surface area contributed by atoms with Gasteiger partial charge in [-0.15, -0.1) is 10.2 Å². The van der Waals surface area contributed by atoms with E-state index in [1.54, 1.807) is 43.8 Å². The van der Waals surface area contributed by atoms with Crippen LogP contribution in [0.2, 0.25) is 0 Å². The van der Waals surface area contributed by atoms with Crippen molar-refractivity contribution in [3.8, 4) is 23.0 Å². The average molecular weight is 357 g/mol. The van der Waals surface area contributed by atoms with Crippen LogP contribution in [0, 0.1) is 0 Å². The van der Waals surface area contributed by atoms with Crippen molar-refractivity contribution in [3.63, 3.8) is 0 Å². The molecule has 0 N–H and O–H groups in total. The highest BCUT2D eigenvalue weighted by Gasteiger charge is 2.16. The van der Waals surface area contributed by atoms with E-state index in [0.29, 0.717) is 28.2 Å². The molecule has 7 nitrogen and oxygen atoms in total. The minimum atomic E-state index is -0.123. The van der Waals surface area contributed by atoms with E-state index in [4.69, 9.17) is 13.9 Å². The number of hydrogen-bond donors (Lipinski definition) is 0. The van der Waals surface area contributed by atoms with Crippen molar-refractivity contribution in [2.24, 2.45) is 0 Å². The zero-order chi connectivity index (χ0) is 17.6. The van der Waals surface area contributed by atoms with Crippen molar-refractivity contribution in [2.45, 2.75) is 5.22 Å². The number of aromatic nitrogens is 3. The highest BCUT2D eigenvalue weighted by molar-refractivity contribution is 7.99. The SMILES string of the molecule is COc1ccc(OC)c(C(=O)CSc2nnc(-c3cccnc3)o2)c1. The third-order valence-corrected chi connectivity index (χ3v) is 4.17. The normalized spacial score (nSPS) is 10.5. The monoisotopic (exact) mass is 357 g/mol. The molecular formula is C17H15N3O4S. The van der Waals surface area contributed by atoms with Crippen molar-refractivity contribution in [2.75, 3.05) is 20.0 Å². The first-order chi connectivity index (χ1) is 12.2. The van der Waals surface area contributed by atoms with Crippen LogP contribution in [-0.2, 0) is 0 Å². The number of carbonyl (C=O) groups is 1. The van der Waals surface area contributed by atoms with Crippen LogP contribution in [0.15, 0.2) is 52.4 Å². The zero-order valence-corrected chi connectivity index (χ0v) is 14.4. The van der Waals surface area contributed by atoms with Gasteiger partial charge in [0.1, 0.15) is 11.5 Å². The Morgan fingerprint density at radius 2 is 2.08 bits per heavy atom. The summed E-state index contributed by atoms with van der Waals surface area (Å²) in [6.45, 7) is 0. The van der Waals surface area contributed by atoms with E-state index in [0.717, 1.165) is 17.3 Å². The van der Waals surface area contributed by atoms with Gasteiger partial charge in [-0.1, -0.05) is 11.8 Å². The lowest BCUT2D eigenvalue weighted by Crippen LogP contribution is -2.05. The highest BCUT2D eigenvalue weighted by Crippen LogP contribution is 2.27. The standard InChI is InChI=1S/C17H15N3O4S/c1-22-12-5-6-15(23-2)13(8-12)14(21)10-25-17-20-19-16(24-17)11-4-3-7-18-9-11/h3-9H,10H2,1-2H3. The fourth-order valence-corrected chi connectivity index (χ4v) is 2.76. The molecule has 0 aliphatic heterocycles. The second-order valence-corrected chi connectivity index (χ2v) is 5.82. The molecule has 128 valence electrons. The van der Waals surface area contributed by atoms with Gasteiger partial charge in [0.2, 0.25) is 5.89 Å². The summed E-state index contributed by atoms with van der Waals surface area (Å²) in [5.74, 6) is 1.46. The van der Waals surface area contributed by atoms with Crippen LogP contribution >= 0.6 is 11.8 Å². The second kappa shape index (κ2) is 7.80. The Morgan fingerprint density at radius 3 is 2.80 bits per heavy atom. The summed E-state index contributed by atoms with van der Waals surface area (Å²) in [5.41, 5.74) is 1.17. The van der Waals surface area contributed by atoms with E-state index in [1.807, 2.05) is 6.07 Å². The first kappa shape index (κ1) is 17.0. The molecule has 2 aromatic heterocycles. The summed E-state index contributed by atoms with van der Waals surface area (Å²) >= 11 is 1.16. The van der Waals surface area contributed by atoms with Crippen molar-refractivity contribution >= 4 is 17.5 Å². The quantitative estimate of drug-likeness (QED) is 0.471. The maximum atomic E-state index is 12.5. The van der Waals surface area contributed by atoms with Gasteiger partial charge in [-0.2, -0.15) is 0 Å². The van der Waals surface area contributed by atoms with Gasteiger partial charge in [-0.05, 0) is 30.3 Å². The first-order valence-electron chi connectivity index (χ1n) is 7.33. The Balaban J connectivity index is 1.70. The number of methoxy groups -OCH3 is 2. The maximum Gasteiger partial charge on any atom is 0.277 e. The highest BCUT2D eigenvalue weighted by atomic mass is 32.2. The first-order valence-corrected chi connectivity index (χ1v) is 8.31. The van der Waals surface area contributed by atoms with Crippen molar-refractivity contribution in [1.82, 2.24) is 15.2 Å². The molecule has 0 radical (unpaired) electrons. The van der Waals surface area contributed by atoms with E-state index in [1.165, 1.54) is 7.11 Å². The van der Waals surface area contributed by atoms with Gasteiger partial charge in [0.15, 0.2) is 5.78 Å². The number of ether oxygens (including phenoxy) is 2. The minimum absolute atomic E-state index is 0.123. The predicted octanol–water partition coefficient (Wildman–Crippen LogP) is 3.12. The average Bonchev–Trinajstić information content (AvgIpc) is 3.15. The summed E-state index contributed by atoms with van der Waals surface area (Å²) in [5, 5.41) is 8.22. The van der Waals surface area contributed by atoms with Crippen molar-refractivity contribution in [1.29, 1.82) is 0 Å². The molecule has 8 heteroatoms. The van der Waals surface area contributed by atoms with Crippen molar-refractivity contribution in [3.05, 3.63) is 48.3 Å². The molecule has 25 heavy (non-hydrogen) atoms. The van der Waals surface area contributed by atoms with E-state index in [9.17, 15) is 4.79 Å². The zero-order valence-electron chi connectivity index (χ0n) is 13.6. The summed E-state index contributed by atoms with van der Waals surface area (Å²) < 4.78 is 15.9. The molecule has 3 rings (SSSR count). The van der Waals surface area contributed by atoms with Gasteiger partial charge in [0, 0.05) is 12.4 Å². The molecule has 0 aliphatic carbocycles. The molecule has 0 saturated heterocycles. The molecule has 0 atom stereocenters. The van der Waals surface area contributed by atoms with Gasteiger partial charge >= 0.3 is 0 Å². The molecule has 1 aromatic carbocycles. The smallest absolute Gasteiger partial charge is 0.277 e. The number of thioether (sulfide) groups is 1. The molecule has 0 spiro atoms. The van der Waals surface area contributed by atoms with Crippen LogP contribution in [0.3, 0.4) is 0 Å². The van der Waals surface area contributed by atoms with Crippen LogP contribution in [0.5, 0.6) is 11.5 Å². The van der Waals surface area contributed by atoms with E-state index < -0.39 is 0 Å². The Bertz CT molecular complexity index is 867. The molecular weight excluding hydrogens is 342 g/mol. The molecule has 0 amide bonds. The summed E-state index contributed by atoms with van der Waals surface area (Å²) in [7, 11) is 3.06. The van der Waals surface area contributed by atoms with Gasteiger partial charge in [0.25, 0.3) is 5.22 Å². The van der Waals surface area contributed by atoms with Gasteiger partial charge in [-0.3, -0.25) is 9.78 Å². The number of rotatable bonds is 7. The molecule has 0 saturated carbocycles. The molecule has 0 aliphatic rings. The third-order valence-electron chi connectivity index (χ3n) is 3.35.